The number of hydrogen-bond donors (Lipinski definition) is 1. The van der Waals surface area contributed by atoms with Crippen molar-refractivity contribution in [3.63, 3.8) is 0 Å². The Bertz CT molecular complexity index is 489. The monoisotopic (exact) mass is 290 g/mol. The quantitative estimate of drug-likeness (QED) is 0.871. The molecule has 0 aliphatic carbocycles. The van der Waals surface area contributed by atoms with Gasteiger partial charge in [-0.25, -0.2) is 0 Å². The first-order chi connectivity index (χ1) is 10.2. The Labute approximate surface area is 127 Å². The van der Waals surface area contributed by atoms with Crippen LogP contribution in [0.3, 0.4) is 0 Å². The topological polar surface area (TPSA) is 41.6 Å². The van der Waals surface area contributed by atoms with Crippen molar-refractivity contribution in [1.29, 1.82) is 0 Å². The normalized spacial score (nSPS) is 22.4. The van der Waals surface area contributed by atoms with E-state index in [9.17, 15) is 4.79 Å². The van der Waals surface area contributed by atoms with Crippen molar-refractivity contribution in [3.8, 4) is 0 Å². The zero-order valence-corrected chi connectivity index (χ0v) is 13.3. The van der Waals surface area contributed by atoms with E-state index in [1.807, 2.05) is 0 Å². The van der Waals surface area contributed by atoms with Gasteiger partial charge in [-0.2, -0.15) is 0 Å². The molecular formula is C17H26N2O2. The second kappa shape index (κ2) is 7.05. The first-order valence-corrected chi connectivity index (χ1v) is 7.71. The summed E-state index contributed by atoms with van der Waals surface area (Å²) in [7, 11) is 3.37. The molecule has 0 aromatic heterocycles. The molecule has 4 nitrogen and oxygen atoms in total. The highest BCUT2D eigenvalue weighted by Gasteiger charge is 2.47. The molecule has 1 fully saturated rings. The van der Waals surface area contributed by atoms with Crippen LogP contribution in [-0.4, -0.2) is 43.7 Å². The molecule has 0 saturated carbocycles. The standard InChI is InChI=1S/C17H26N2O2/c1-4-14-8-5-6-9-15(14)12-19-11-7-10-17(19,13-21-3)16(20)18-2/h5-6,8-9H,4,7,10-13H2,1-3H3,(H,18,20). The van der Waals surface area contributed by atoms with Crippen molar-refractivity contribution in [2.24, 2.45) is 0 Å². The second-order valence-corrected chi connectivity index (χ2v) is 5.69. The van der Waals surface area contributed by atoms with Gasteiger partial charge in [0.05, 0.1) is 6.61 Å². The van der Waals surface area contributed by atoms with E-state index in [2.05, 4.69) is 41.4 Å². The lowest BCUT2D eigenvalue weighted by Crippen LogP contribution is -2.57. The van der Waals surface area contributed by atoms with Crippen molar-refractivity contribution < 1.29 is 9.53 Å². The summed E-state index contributed by atoms with van der Waals surface area (Å²) in [5.74, 6) is 0.0656. The summed E-state index contributed by atoms with van der Waals surface area (Å²) >= 11 is 0. The molecular weight excluding hydrogens is 264 g/mol. The van der Waals surface area contributed by atoms with Crippen LogP contribution >= 0.6 is 0 Å². The highest BCUT2D eigenvalue weighted by Crippen LogP contribution is 2.32. The maximum Gasteiger partial charge on any atom is 0.242 e. The van der Waals surface area contributed by atoms with E-state index >= 15 is 0 Å². The fraction of sp³-hybridized carbons (Fsp3) is 0.588. The summed E-state index contributed by atoms with van der Waals surface area (Å²) in [5.41, 5.74) is 2.14. The van der Waals surface area contributed by atoms with Crippen molar-refractivity contribution in [1.82, 2.24) is 10.2 Å². The number of likely N-dealkylation sites (tertiary alicyclic amines) is 1. The number of nitrogens with zero attached hydrogens (tertiary/aromatic N) is 1. The van der Waals surface area contributed by atoms with Crippen LogP contribution in [0.4, 0.5) is 0 Å². The first-order valence-electron chi connectivity index (χ1n) is 7.71. The molecule has 1 amide bonds. The summed E-state index contributed by atoms with van der Waals surface area (Å²) in [6, 6.07) is 8.48. The van der Waals surface area contributed by atoms with Gasteiger partial charge in [0.2, 0.25) is 5.91 Å². The summed E-state index contributed by atoms with van der Waals surface area (Å²) in [5, 5.41) is 2.82. The van der Waals surface area contributed by atoms with Crippen LogP contribution in [0.5, 0.6) is 0 Å². The number of hydrogen-bond acceptors (Lipinski definition) is 3. The second-order valence-electron chi connectivity index (χ2n) is 5.69. The number of benzene rings is 1. The molecule has 1 atom stereocenters. The minimum Gasteiger partial charge on any atom is -0.382 e. The van der Waals surface area contributed by atoms with Crippen LogP contribution in [0.2, 0.25) is 0 Å². The molecule has 1 aliphatic rings. The van der Waals surface area contributed by atoms with Gasteiger partial charge in [-0.1, -0.05) is 31.2 Å². The van der Waals surface area contributed by atoms with Crippen molar-refractivity contribution in [2.45, 2.75) is 38.3 Å². The van der Waals surface area contributed by atoms with Crippen molar-refractivity contribution in [3.05, 3.63) is 35.4 Å². The van der Waals surface area contributed by atoms with Crippen LogP contribution in [-0.2, 0) is 22.5 Å². The highest BCUT2D eigenvalue weighted by atomic mass is 16.5. The Balaban J connectivity index is 2.26. The summed E-state index contributed by atoms with van der Waals surface area (Å²) in [6.45, 7) is 4.36. The molecule has 4 heteroatoms. The van der Waals surface area contributed by atoms with Crippen molar-refractivity contribution >= 4 is 5.91 Å². The zero-order valence-electron chi connectivity index (χ0n) is 13.3. The summed E-state index contributed by atoms with van der Waals surface area (Å²) in [4.78, 5) is 14.7. The Kier molecular flexibility index (Phi) is 5.37. The van der Waals surface area contributed by atoms with E-state index in [1.165, 1.54) is 11.1 Å². The number of nitrogens with one attached hydrogen (secondary N) is 1. The van der Waals surface area contributed by atoms with Crippen LogP contribution in [0.1, 0.15) is 30.9 Å². The van der Waals surface area contributed by atoms with Gasteiger partial charge < -0.3 is 10.1 Å². The van der Waals surface area contributed by atoms with Gasteiger partial charge in [0.1, 0.15) is 5.54 Å². The number of carbonyl (C=O) groups excluding carboxylic acids is 1. The lowest BCUT2D eigenvalue weighted by atomic mass is 9.94. The van der Waals surface area contributed by atoms with E-state index in [0.717, 1.165) is 32.4 Å². The maximum atomic E-state index is 12.4. The lowest BCUT2D eigenvalue weighted by Gasteiger charge is -2.36. The van der Waals surface area contributed by atoms with Gasteiger partial charge in [0, 0.05) is 20.7 Å². The third kappa shape index (κ3) is 3.11. The Hall–Kier alpha value is -1.39. The fourth-order valence-corrected chi connectivity index (χ4v) is 3.38. The van der Waals surface area contributed by atoms with Gasteiger partial charge in [-0.3, -0.25) is 9.69 Å². The number of ether oxygens (including phenoxy) is 1. The van der Waals surface area contributed by atoms with E-state index < -0.39 is 5.54 Å². The SMILES string of the molecule is CCc1ccccc1CN1CCCC1(COC)C(=O)NC. The number of methoxy groups -OCH3 is 1. The molecule has 1 heterocycles. The molecule has 1 aromatic rings. The van der Waals surface area contributed by atoms with Crippen LogP contribution in [0.25, 0.3) is 0 Å². The minimum absolute atomic E-state index is 0.0656. The predicted octanol–water partition coefficient (Wildman–Crippen LogP) is 1.98. The Morgan fingerprint density at radius 2 is 2.10 bits per heavy atom. The van der Waals surface area contributed by atoms with Crippen LogP contribution < -0.4 is 5.32 Å². The van der Waals surface area contributed by atoms with E-state index in [0.29, 0.717) is 6.61 Å². The summed E-state index contributed by atoms with van der Waals surface area (Å²) < 4.78 is 5.37. The molecule has 1 unspecified atom stereocenters. The van der Waals surface area contributed by atoms with Crippen LogP contribution in [0.15, 0.2) is 24.3 Å². The molecule has 1 aliphatic heterocycles. The Morgan fingerprint density at radius 3 is 2.71 bits per heavy atom. The number of likely N-dealkylation sites (N-methyl/N-ethyl adjacent to an activating group) is 1. The molecule has 0 bridgehead atoms. The van der Waals surface area contributed by atoms with E-state index in [-0.39, 0.29) is 5.91 Å². The van der Waals surface area contributed by atoms with E-state index in [4.69, 9.17) is 4.74 Å². The molecule has 21 heavy (non-hydrogen) atoms. The van der Waals surface area contributed by atoms with Gasteiger partial charge in [0.15, 0.2) is 0 Å². The van der Waals surface area contributed by atoms with Gasteiger partial charge in [-0.15, -0.1) is 0 Å². The average molecular weight is 290 g/mol. The summed E-state index contributed by atoms with van der Waals surface area (Å²) in [6.07, 6.45) is 2.90. The van der Waals surface area contributed by atoms with Gasteiger partial charge in [-0.05, 0) is 36.9 Å². The van der Waals surface area contributed by atoms with Crippen LogP contribution in [0, 0.1) is 0 Å². The minimum atomic E-state index is -0.523. The first kappa shape index (κ1) is 16.0. The van der Waals surface area contributed by atoms with Gasteiger partial charge >= 0.3 is 0 Å². The fourth-order valence-electron chi connectivity index (χ4n) is 3.38. The molecule has 0 spiro atoms. The molecule has 1 saturated heterocycles. The lowest BCUT2D eigenvalue weighted by molar-refractivity contribution is -0.135. The molecule has 2 rings (SSSR count). The molecule has 1 N–H and O–H groups in total. The predicted molar refractivity (Wildman–Crippen MR) is 84.1 cm³/mol. The van der Waals surface area contributed by atoms with E-state index in [1.54, 1.807) is 14.2 Å². The zero-order chi connectivity index (χ0) is 15.3. The molecule has 116 valence electrons. The smallest absolute Gasteiger partial charge is 0.242 e. The van der Waals surface area contributed by atoms with Gasteiger partial charge in [0.25, 0.3) is 0 Å². The third-order valence-electron chi connectivity index (χ3n) is 4.52. The van der Waals surface area contributed by atoms with Crippen molar-refractivity contribution in [2.75, 3.05) is 27.3 Å². The largest absolute Gasteiger partial charge is 0.382 e. The number of aryl methyl sites for hydroxylation is 1. The Morgan fingerprint density at radius 1 is 1.38 bits per heavy atom. The number of amides is 1. The highest BCUT2D eigenvalue weighted by molar-refractivity contribution is 5.86. The average Bonchev–Trinajstić information content (AvgIpc) is 2.91. The number of rotatable bonds is 6. The third-order valence-corrected chi connectivity index (χ3v) is 4.52. The molecule has 0 radical (unpaired) electrons. The molecule has 1 aromatic carbocycles. The number of carbonyl (C=O) groups is 1. The maximum absolute atomic E-state index is 12.4.